The number of hydrogen-bond acceptors (Lipinski definition) is 3. The fourth-order valence-corrected chi connectivity index (χ4v) is 2.16. The lowest BCUT2D eigenvalue weighted by Crippen LogP contribution is -2.41. The van der Waals surface area contributed by atoms with Crippen molar-refractivity contribution in [2.75, 3.05) is 6.54 Å². The van der Waals surface area contributed by atoms with E-state index in [-0.39, 0.29) is 17.0 Å². The molecule has 1 saturated carbocycles. The lowest BCUT2D eigenvalue weighted by Gasteiger charge is -2.31. The SMILES string of the molecule is C=CCN=C(C)C1C(=O)CC(C)(C)CC1=O. The third-order valence-electron chi connectivity index (χ3n) is 2.84. The van der Waals surface area contributed by atoms with Crippen molar-refractivity contribution in [3.05, 3.63) is 12.7 Å². The number of carbonyl (C=O) groups is 2. The van der Waals surface area contributed by atoms with Gasteiger partial charge in [0.1, 0.15) is 17.5 Å². The molecule has 1 aliphatic carbocycles. The van der Waals surface area contributed by atoms with Gasteiger partial charge >= 0.3 is 0 Å². The number of hydrogen-bond donors (Lipinski definition) is 0. The van der Waals surface area contributed by atoms with Gasteiger partial charge in [0.2, 0.25) is 0 Å². The molecule has 0 aromatic heterocycles. The highest BCUT2D eigenvalue weighted by Crippen LogP contribution is 2.34. The van der Waals surface area contributed by atoms with Crippen LogP contribution in [-0.4, -0.2) is 23.8 Å². The molecule has 0 bridgehead atoms. The van der Waals surface area contributed by atoms with Gasteiger partial charge in [-0.15, -0.1) is 6.58 Å². The Labute approximate surface area is 96.6 Å². The molecule has 1 fully saturated rings. The monoisotopic (exact) mass is 221 g/mol. The van der Waals surface area contributed by atoms with Gasteiger partial charge < -0.3 is 0 Å². The van der Waals surface area contributed by atoms with Crippen molar-refractivity contribution in [2.24, 2.45) is 16.3 Å². The summed E-state index contributed by atoms with van der Waals surface area (Å²) in [6.07, 6.45) is 2.58. The van der Waals surface area contributed by atoms with E-state index in [2.05, 4.69) is 11.6 Å². The minimum atomic E-state index is -0.604. The van der Waals surface area contributed by atoms with Gasteiger partial charge in [0.15, 0.2) is 0 Å². The van der Waals surface area contributed by atoms with Crippen LogP contribution in [0.4, 0.5) is 0 Å². The summed E-state index contributed by atoms with van der Waals surface area (Å²) in [5, 5.41) is 0. The van der Waals surface area contributed by atoms with Crippen LogP contribution >= 0.6 is 0 Å². The van der Waals surface area contributed by atoms with Crippen molar-refractivity contribution in [3.8, 4) is 0 Å². The Bertz CT molecular complexity index is 333. The van der Waals surface area contributed by atoms with Gasteiger partial charge in [0, 0.05) is 18.6 Å². The molecule has 3 nitrogen and oxygen atoms in total. The molecule has 3 heteroatoms. The largest absolute Gasteiger partial charge is 0.298 e. The normalized spacial score (nSPS) is 22.3. The van der Waals surface area contributed by atoms with Gasteiger partial charge in [-0.25, -0.2) is 0 Å². The van der Waals surface area contributed by atoms with Crippen molar-refractivity contribution in [1.29, 1.82) is 0 Å². The van der Waals surface area contributed by atoms with Crippen molar-refractivity contribution in [1.82, 2.24) is 0 Å². The molecule has 0 aromatic carbocycles. The maximum absolute atomic E-state index is 11.9. The second-order valence-electron chi connectivity index (χ2n) is 5.15. The zero-order valence-electron chi connectivity index (χ0n) is 10.2. The summed E-state index contributed by atoms with van der Waals surface area (Å²) in [6, 6.07) is 0. The molecule has 0 aliphatic heterocycles. The molecule has 0 N–H and O–H groups in total. The fourth-order valence-electron chi connectivity index (χ4n) is 2.16. The standard InChI is InChI=1S/C13H19NO2/c1-5-6-14-9(2)12-10(15)7-13(3,4)8-11(12)16/h5,12H,1,6-8H2,2-4H3. The molecule has 88 valence electrons. The minimum Gasteiger partial charge on any atom is -0.298 e. The average Bonchev–Trinajstić information content (AvgIpc) is 2.11. The third kappa shape index (κ3) is 2.87. The van der Waals surface area contributed by atoms with Gasteiger partial charge in [-0.3, -0.25) is 14.6 Å². The van der Waals surface area contributed by atoms with E-state index in [1.54, 1.807) is 13.0 Å². The predicted molar refractivity (Wildman–Crippen MR) is 64.7 cm³/mol. The van der Waals surface area contributed by atoms with Gasteiger partial charge in [-0.2, -0.15) is 0 Å². The van der Waals surface area contributed by atoms with E-state index in [1.165, 1.54) is 0 Å². The molecule has 0 unspecified atom stereocenters. The Morgan fingerprint density at radius 3 is 2.38 bits per heavy atom. The van der Waals surface area contributed by atoms with Crippen LogP contribution in [0.15, 0.2) is 17.6 Å². The number of carbonyl (C=O) groups excluding carboxylic acids is 2. The van der Waals surface area contributed by atoms with Crippen LogP contribution in [0.5, 0.6) is 0 Å². The molecule has 1 aliphatic rings. The molecule has 0 aromatic rings. The first-order chi connectivity index (χ1) is 7.37. The van der Waals surface area contributed by atoms with Gasteiger partial charge in [-0.05, 0) is 12.3 Å². The lowest BCUT2D eigenvalue weighted by molar-refractivity contribution is -0.136. The first-order valence-electron chi connectivity index (χ1n) is 5.54. The topological polar surface area (TPSA) is 46.5 Å². The summed E-state index contributed by atoms with van der Waals surface area (Å²) in [7, 11) is 0. The first kappa shape index (κ1) is 12.8. The fraction of sp³-hybridized carbons (Fsp3) is 0.615. The molecule has 0 saturated heterocycles. The molecule has 0 amide bonds. The molecule has 0 atom stereocenters. The number of rotatable bonds is 3. The summed E-state index contributed by atoms with van der Waals surface area (Å²) < 4.78 is 0. The number of ketones is 2. The van der Waals surface area contributed by atoms with E-state index in [1.807, 2.05) is 13.8 Å². The maximum atomic E-state index is 11.9. The van der Waals surface area contributed by atoms with E-state index >= 15 is 0 Å². The molecular weight excluding hydrogens is 202 g/mol. The van der Waals surface area contributed by atoms with Crippen molar-refractivity contribution < 1.29 is 9.59 Å². The maximum Gasteiger partial charge on any atom is 0.149 e. The zero-order chi connectivity index (χ0) is 12.3. The molecular formula is C13H19NO2. The van der Waals surface area contributed by atoms with Gasteiger partial charge in [-0.1, -0.05) is 19.9 Å². The summed E-state index contributed by atoms with van der Waals surface area (Å²) in [4.78, 5) is 28.0. The summed E-state index contributed by atoms with van der Waals surface area (Å²) in [5.74, 6) is -0.592. The Hall–Kier alpha value is -1.25. The minimum absolute atomic E-state index is 0.00608. The van der Waals surface area contributed by atoms with Gasteiger partial charge in [0.05, 0.1) is 6.54 Å². The smallest absolute Gasteiger partial charge is 0.149 e. The highest BCUT2D eigenvalue weighted by molar-refractivity contribution is 6.21. The van der Waals surface area contributed by atoms with E-state index in [9.17, 15) is 9.59 Å². The summed E-state index contributed by atoms with van der Waals surface area (Å²) >= 11 is 0. The van der Waals surface area contributed by atoms with Gasteiger partial charge in [0.25, 0.3) is 0 Å². The molecule has 0 radical (unpaired) electrons. The molecule has 16 heavy (non-hydrogen) atoms. The van der Waals surface area contributed by atoms with E-state index in [4.69, 9.17) is 0 Å². The number of aliphatic imine (C=N–C) groups is 1. The summed E-state index contributed by atoms with van der Waals surface area (Å²) in [5.41, 5.74) is 0.439. The van der Waals surface area contributed by atoms with Crippen LogP contribution in [0.1, 0.15) is 33.6 Å². The van der Waals surface area contributed by atoms with E-state index < -0.39 is 5.92 Å². The lowest BCUT2D eigenvalue weighted by atomic mass is 9.70. The van der Waals surface area contributed by atoms with Crippen LogP contribution in [0.2, 0.25) is 0 Å². The second-order valence-corrected chi connectivity index (χ2v) is 5.15. The van der Waals surface area contributed by atoms with Crippen LogP contribution in [0, 0.1) is 11.3 Å². The van der Waals surface area contributed by atoms with Crippen LogP contribution in [-0.2, 0) is 9.59 Å². The quantitative estimate of drug-likeness (QED) is 0.416. The second kappa shape index (κ2) is 4.73. The molecule has 0 heterocycles. The van der Waals surface area contributed by atoms with Crippen LogP contribution < -0.4 is 0 Å². The molecule has 0 spiro atoms. The predicted octanol–water partition coefficient (Wildman–Crippen LogP) is 2.21. The highest BCUT2D eigenvalue weighted by atomic mass is 16.2. The van der Waals surface area contributed by atoms with Crippen molar-refractivity contribution in [3.63, 3.8) is 0 Å². The van der Waals surface area contributed by atoms with Crippen LogP contribution in [0.3, 0.4) is 0 Å². The Kier molecular flexibility index (Phi) is 3.79. The summed E-state index contributed by atoms with van der Waals surface area (Å²) in [6.45, 7) is 9.69. The molecule has 1 rings (SSSR count). The third-order valence-corrected chi connectivity index (χ3v) is 2.84. The Morgan fingerprint density at radius 1 is 1.44 bits per heavy atom. The van der Waals surface area contributed by atoms with Crippen LogP contribution in [0.25, 0.3) is 0 Å². The highest BCUT2D eigenvalue weighted by Gasteiger charge is 2.40. The van der Waals surface area contributed by atoms with E-state index in [0.29, 0.717) is 25.1 Å². The average molecular weight is 221 g/mol. The van der Waals surface area contributed by atoms with Crippen molar-refractivity contribution in [2.45, 2.75) is 33.6 Å². The number of nitrogens with zero attached hydrogens (tertiary/aromatic N) is 1. The van der Waals surface area contributed by atoms with E-state index in [0.717, 1.165) is 0 Å². The first-order valence-corrected chi connectivity index (χ1v) is 5.54. The zero-order valence-corrected chi connectivity index (χ0v) is 10.2. The van der Waals surface area contributed by atoms with Crippen molar-refractivity contribution >= 4 is 17.3 Å². The number of Topliss-reactive ketones (excluding diaryl/α,β-unsaturated/α-hetero) is 2. The Morgan fingerprint density at radius 2 is 1.94 bits per heavy atom. The Balaban J connectivity index is 2.86.